The number of amides is 1. The lowest BCUT2D eigenvalue weighted by atomic mass is 9.79. The highest BCUT2D eigenvalue weighted by atomic mass is 19.1. The van der Waals surface area contributed by atoms with Gasteiger partial charge in [-0.1, -0.05) is 24.3 Å². The molecule has 9 heteroatoms. The third-order valence-corrected chi connectivity index (χ3v) is 5.84. The fraction of sp³-hybridized carbons (Fsp3) is 0.583. The zero-order valence-corrected chi connectivity index (χ0v) is 20.9. The fourth-order valence-electron chi connectivity index (χ4n) is 3.40. The monoisotopic (exact) mass is 459 g/mol. The van der Waals surface area contributed by atoms with Crippen LogP contribution in [0.5, 0.6) is 0 Å². The van der Waals surface area contributed by atoms with Gasteiger partial charge in [-0.25, -0.2) is 14.2 Å². The number of aromatic amines is 1. The summed E-state index contributed by atoms with van der Waals surface area (Å²) in [5.41, 5.74) is 1.20. The van der Waals surface area contributed by atoms with Gasteiger partial charge in [-0.05, 0) is 66.4 Å². The number of halogens is 1. The van der Waals surface area contributed by atoms with Gasteiger partial charge in [0.25, 0.3) is 0 Å². The van der Waals surface area contributed by atoms with Crippen molar-refractivity contribution in [2.24, 2.45) is 0 Å². The smallest absolute Gasteiger partial charge is 0.444 e. The van der Waals surface area contributed by atoms with Gasteiger partial charge in [-0.3, -0.25) is 4.90 Å². The molecular weight excluding hydrogens is 424 g/mol. The number of imidazole rings is 1. The standard InChI is InChI=1S/C24H35BFN3O4/c1-16(26)14-29(21(30)31-22(2,3)4)15-20-27-13-19(28-20)17-9-11-18(12-10-17)25-32-23(5,6)24(7,8)33-25/h9-13,16H,14-15H2,1-8H3,(H,27,28). The van der Waals surface area contributed by atoms with Crippen molar-refractivity contribution in [2.75, 3.05) is 6.54 Å². The molecule has 0 aliphatic carbocycles. The van der Waals surface area contributed by atoms with Gasteiger partial charge < -0.3 is 19.0 Å². The predicted octanol–water partition coefficient (Wildman–Crippen LogP) is 4.47. The normalized spacial score (nSPS) is 18.3. The van der Waals surface area contributed by atoms with Gasteiger partial charge >= 0.3 is 13.2 Å². The summed E-state index contributed by atoms with van der Waals surface area (Å²) < 4.78 is 31.3. The Morgan fingerprint density at radius 2 is 1.76 bits per heavy atom. The molecule has 1 aliphatic heterocycles. The molecule has 1 atom stereocenters. The van der Waals surface area contributed by atoms with Crippen LogP contribution in [0.2, 0.25) is 0 Å². The van der Waals surface area contributed by atoms with Gasteiger partial charge in [0.2, 0.25) is 0 Å². The van der Waals surface area contributed by atoms with Gasteiger partial charge in [-0.2, -0.15) is 0 Å². The topological polar surface area (TPSA) is 76.7 Å². The van der Waals surface area contributed by atoms with Crippen LogP contribution in [-0.2, 0) is 20.6 Å². The molecular formula is C24H35BFN3O4. The average molecular weight is 459 g/mol. The third-order valence-electron chi connectivity index (χ3n) is 5.84. The zero-order chi connectivity index (χ0) is 24.6. The lowest BCUT2D eigenvalue weighted by Gasteiger charge is -2.32. The molecule has 2 aromatic rings. The number of nitrogens with zero attached hydrogens (tertiary/aromatic N) is 2. The van der Waals surface area contributed by atoms with Gasteiger partial charge in [0, 0.05) is 0 Å². The number of alkyl halides is 1. The number of H-pyrrole nitrogens is 1. The first-order valence-corrected chi connectivity index (χ1v) is 11.3. The number of benzene rings is 1. The molecule has 1 saturated heterocycles. The van der Waals surface area contributed by atoms with E-state index in [0.29, 0.717) is 5.82 Å². The van der Waals surface area contributed by atoms with E-state index in [9.17, 15) is 9.18 Å². The van der Waals surface area contributed by atoms with E-state index in [1.165, 1.54) is 11.8 Å². The maximum absolute atomic E-state index is 13.7. The second kappa shape index (κ2) is 9.10. The molecule has 1 aromatic heterocycles. The summed E-state index contributed by atoms with van der Waals surface area (Å²) in [7, 11) is -0.425. The Morgan fingerprint density at radius 3 is 2.27 bits per heavy atom. The maximum atomic E-state index is 13.7. The van der Waals surface area contributed by atoms with E-state index < -0.39 is 36.2 Å². The summed E-state index contributed by atoms with van der Waals surface area (Å²) in [5, 5.41) is 0. The molecule has 1 aliphatic rings. The molecule has 0 spiro atoms. The molecule has 0 bridgehead atoms. The first-order chi connectivity index (χ1) is 15.2. The molecule has 1 N–H and O–H groups in total. The molecule has 1 unspecified atom stereocenters. The van der Waals surface area contributed by atoms with Gasteiger partial charge in [0.05, 0.1) is 36.2 Å². The largest absolute Gasteiger partial charge is 0.494 e. The Labute approximate surface area is 196 Å². The summed E-state index contributed by atoms with van der Waals surface area (Å²) >= 11 is 0. The summed E-state index contributed by atoms with van der Waals surface area (Å²) in [5.74, 6) is 0.548. The molecule has 3 rings (SSSR count). The predicted molar refractivity (Wildman–Crippen MR) is 127 cm³/mol. The second-order valence-corrected chi connectivity index (χ2v) is 10.6. The molecule has 2 heterocycles. The molecule has 7 nitrogen and oxygen atoms in total. The second-order valence-electron chi connectivity index (χ2n) is 10.6. The van der Waals surface area contributed by atoms with Crippen LogP contribution in [0.4, 0.5) is 9.18 Å². The van der Waals surface area contributed by atoms with Crippen LogP contribution in [0.15, 0.2) is 30.5 Å². The highest BCUT2D eigenvalue weighted by molar-refractivity contribution is 6.62. The SMILES string of the molecule is CC(F)CN(Cc1ncc(-c2ccc(B3OC(C)(C)C(C)(C)O3)cc2)[nH]1)C(=O)OC(C)(C)C. The minimum Gasteiger partial charge on any atom is -0.444 e. The Balaban J connectivity index is 1.71. The molecule has 1 aromatic carbocycles. The minimum absolute atomic E-state index is 0.0757. The Bertz CT molecular complexity index is 951. The highest BCUT2D eigenvalue weighted by Crippen LogP contribution is 2.36. The summed E-state index contributed by atoms with van der Waals surface area (Å²) in [6, 6.07) is 7.87. The van der Waals surface area contributed by atoms with E-state index in [0.717, 1.165) is 16.7 Å². The number of ether oxygens (including phenoxy) is 1. The number of carbonyl (C=O) groups excluding carboxylic acids is 1. The summed E-state index contributed by atoms with van der Waals surface area (Å²) in [6.45, 7) is 14.9. The van der Waals surface area contributed by atoms with Crippen molar-refractivity contribution in [3.05, 3.63) is 36.3 Å². The van der Waals surface area contributed by atoms with Crippen molar-refractivity contribution < 1.29 is 23.2 Å². The molecule has 1 fully saturated rings. The van der Waals surface area contributed by atoms with Crippen LogP contribution in [-0.4, -0.2) is 57.6 Å². The zero-order valence-electron chi connectivity index (χ0n) is 20.9. The lowest BCUT2D eigenvalue weighted by molar-refractivity contribution is 0.00578. The maximum Gasteiger partial charge on any atom is 0.494 e. The van der Waals surface area contributed by atoms with Gasteiger partial charge in [-0.15, -0.1) is 0 Å². The van der Waals surface area contributed by atoms with E-state index in [2.05, 4.69) is 9.97 Å². The Kier molecular flexibility index (Phi) is 6.96. The minimum atomic E-state index is -1.19. The summed E-state index contributed by atoms with van der Waals surface area (Å²) in [4.78, 5) is 21.4. The van der Waals surface area contributed by atoms with E-state index >= 15 is 0 Å². The number of carbonyl (C=O) groups is 1. The van der Waals surface area contributed by atoms with Gasteiger partial charge in [0.15, 0.2) is 0 Å². The summed E-state index contributed by atoms with van der Waals surface area (Å²) in [6.07, 6.45) is -0.0585. The quantitative estimate of drug-likeness (QED) is 0.645. The van der Waals surface area contributed by atoms with E-state index in [1.54, 1.807) is 27.0 Å². The van der Waals surface area contributed by atoms with Crippen LogP contribution in [0.25, 0.3) is 11.3 Å². The number of aromatic nitrogens is 2. The van der Waals surface area contributed by atoms with Crippen molar-refractivity contribution >= 4 is 18.7 Å². The number of hydrogen-bond acceptors (Lipinski definition) is 5. The van der Waals surface area contributed by atoms with Crippen molar-refractivity contribution in [1.82, 2.24) is 14.9 Å². The Hall–Kier alpha value is -2.39. The molecule has 0 radical (unpaired) electrons. The molecule has 1 amide bonds. The van der Waals surface area contributed by atoms with Crippen LogP contribution >= 0.6 is 0 Å². The third kappa shape index (κ3) is 6.15. The Morgan fingerprint density at radius 1 is 1.18 bits per heavy atom. The number of nitrogens with one attached hydrogen (secondary N) is 1. The first-order valence-electron chi connectivity index (χ1n) is 11.3. The lowest BCUT2D eigenvalue weighted by Crippen LogP contribution is -2.41. The van der Waals surface area contributed by atoms with Gasteiger partial charge in [0.1, 0.15) is 17.6 Å². The van der Waals surface area contributed by atoms with Crippen molar-refractivity contribution in [3.63, 3.8) is 0 Å². The van der Waals surface area contributed by atoms with Crippen LogP contribution < -0.4 is 5.46 Å². The fourth-order valence-corrected chi connectivity index (χ4v) is 3.40. The van der Waals surface area contributed by atoms with Crippen molar-refractivity contribution in [2.45, 2.75) is 84.9 Å². The van der Waals surface area contributed by atoms with Crippen molar-refractivity contribution in [1.29, 1.82) is 0 Å². The van der Waals surface area contributed by atoms with E-state index in [4.69, 9.17) is 14.0 Å². The van der Waals surface area contributed by atoms with Crippen molar-refractivity contribution in [3.8, 4) is 11.3 Å². The molecule has 180 valence electrons. The molecule has 33 heavy (non-hydrogen) atoms. The number of rotatable bonds is 6. The highest BCUT2D eigenvalue weighted by Gasteiger charge is 2.51. The van der Waals surface area contributed by atoms with E-state index in [1.807, 2.05) is 52.0 Å². The van der Waals surface area contributed by atoms with Crippen LogP contribution in [0, 0.1) is 0 Å². The first kappa shape index (κ1) is 25.2. The molecule has 0 saturated carbocycles. The van der Waals surface area contributed by atoms with Crippen LogP contribution in [0.1, 0.15) is 61.2 Å². The average Bonchev–Trinajstić information content (AvgIpc) is 3.21. The van der Waals surface area contributed by atoms with E-state index in [-0.39, 0.29) is 13.1 Å². The van der Waals surface area contributed by atoms with Crippen LogP contribution in [0.3, 0.4) is 0 Å². The number of hydrogen-bond donors (Lipinski definition) is 1.